The standard InChI is InChI=1S/C19H20ClN3OS/c1-4-19(2,3)23-17(24)16-15(21)13-9-10-14(22-18(13)25-16)11-5-7-12(20)8-6-11/h5-10H,4,21H2,1-3H3,(H,23,24). The fourth-order valence-corrected chi connectivity index (χ4v) is 3.51. The van der Waals surface area contributed by atoms with Crippen LogP contribution in [0.15, 0.2) is 36.4 Å². The lowest BCUT2D eigenvalue weighted by molar-refractivity contribution is 0.0916. The van der Waals surface area contributed by atoms with Gasteiger partial charge in [0.2, 0.25) is 0 Å². The number of benzene rings is 1. The van der Waals surface area contributed by atoms with Crippen LogP contribution in [0.2, 0.25) is 5.02 Å². The number of nitrogens with one attached hydrogen (secondary N) is 1. The lowest BCUT2D eigenvalue weighted by atomic mass is 10.0. The van der Waals surface area contributed by atoms with Crippen molar-refractivity contribution in [1.29, 1.82) is 0 Å². The Labute approximate surface area is 156 Å². The monoisotopic (exact) mass is 373 g/mol. The summed E-state index contributed by atoms with van der Waals surface area (Å²) in [5.74, 6) is -0.152. The molecule has 3 aromatic rings. The lowest BCUT2D eigenvalue weighted by Crippen LogP contribution is -2.42. The minimum Gasteiger partial charge on any atom is -0.397 e. The Hall–Kier alpha value is -2.11. The maximum Gasteiger partial charge on any atom is 0.263 e. The van der Waals surface area contributed by atoms with Crippen LogP contribution in [0.5, 0.6) is 0 Å². The van der Waals surface area contributed by atoms with Gasteiger partial charge in [-0.15, -0.1) is 11.3 Å². The van der Waals surface area contributed by atoms with Crippen molar-refractivity contribution in [3.63, 3.8) is 0 Å². The largest absolute Gasteiger partial charge is 0.397 e. The molecule has 0 saturated heterocycles. The normalized spacial score (nSPS) is 11.7. The maximum absolute atomic E-state index is 12.6. The van der Waals surface area contributed by atoms with Gasteiger partial charge in [-0.1, -0.05) is 30.7 Å². The van der Waals surface area contributed by atoms with Crippen LogP contribution in [-0.2, 0) is 0 Å². The molecule has 0 fully saturated rings. The summed E-state index contributed by atoms with van der Waals surface area (Å²) >= 11 is 7.26. The fourth-order valence-electron chi connectivity index (χ4n) is 2.40. The molecule has 2 heterocycles. The van der Waals surface area contributed by atoms with E-state index in [4.69, 9.17) is 17.3 Å². The van der Waals surface area contributed by atoms with Gasteiger partial charge in [-0.2, -0.15) is 0 Å². The summed E-state index contributed by atoms with van der Waals surface area (Å²) in [6.45, 7) is 6.02. The summed E-state index contributed by atoms with van der Waals surface area (Å²) in [5, 5.41) is 4.52. The Balaban J connectivity index is 1.99. The molecule has 130 valence electrons. The molecule has 0 aliphatic carbocycles. The number of amides is 1. The molecule has 0 bridgehead atoms. The van der Waals surface area contributed by atoms with Crippen molar-refractivity contribution in [3.8, 4) is 11.3 Å². The van der Waals surface area contributed by atoms with Crippen LogP contribution in [0.25, 0.3) is 21.5 Å². The summed E-state index contributed by atoms with van der Waals surface area (Å²) in [4.78, 5) is 18.5. The molecule has 0 spiro atoms. The number of nitrogen functional groups attached to an aromatic ring is 1. The van der Waals surface area contributed by atoms with Gasteiger partial charge in [-0.05, 0) is 44.5 Å². The molecule has 0 aliphatic heterocycles. The Morgan fingerprint density at radius 2 is 1.92 bits per heavy atom. The summed E-state index contributed by atoms with van der Waals surface area (Å²) in [7, 11) is 0. The molecule has 4 nitrogen and oxygen atoms in total. The first-order valence-corrected chi connectivity index (χ1v) is 9.27. The number of nitrogens with two attached hydrogens (primary N) is 1. The predicted molar refractivity (Wildman–Crippen MR) is 106 cm³/mol. The predicted octanol–water partition coefficient (Wildman–Crippen LogP) is 5.12. The number of carbonyl (C=O) groups excluding carboxylic acids is 1. The highest BCUT2D eigenvalue weighted by Gasteiger charge is 2.23. The van der Waals surface area contributed by atoms with Crippen LogP contribution in [-0.4, -0.2) is 16.4 Å². The van der Waals surface area contributed by atoms with E-state index < -0.39 is 0 Å². The number of fused-ring (bicyclic) bond motifs is 1. The fraction of sp³-hybridized carbons (Fsp3) is 0.263. The number of nitrogens with zero attached hydrogens (tertiary/aromatic N) is 1. The molecule has 3 rings (SSSR count). The molecule has 1 amide bonds. The van der Waals surface area contributed by atoms with Crippen molar-refractivity contribution >= 4 is 44.7 Å². The van der Waals surface area contributed by atoms with Gasteiger partial charge in [0.1, 0.15) is 9.71 Å². The Kier molecular flexibility index (Phi) is 4.71. The van der Waals surface area contributed by atoms with Crippen LogP contribution in [0.3, 0.4) is 0 Å². The molecule has 3 N–H and O–H groups in total. The van der Waals surface area contributed by atoms with E-state index in [1.54, 1.807) is 0 Å². The number of thiophene rings is 1. The first-order valence-electron chi connectivity index (χ1n) is 8.08. The highest BCUT2D eigenvalue weighted by Crippen LogP contribution is 2.34. The van der Waals surface area contributed by atoms with Crippen molar-refractivity contribution in [3.05, 3.63) is 46.3 Å². The zero-order valence-electron chi connectivity index (χ0n) is 14.4. The molecule has 0 saturated carbocycles. The van der Waals surface area contributed by atoms with Gasteiger partial charge >= 0.3 is 0 Å². The Morgan fingerprint density at radius 3 is 2.56 bits per heavy atom. The number of anilines is 1. The third-order valence-electron chi connectivity index (χ3n) is 4.28. The Morgan fingerprint density at radius 1 is 1.24 bits per heavy atom. The van der Waals surface area contributed by atoms with Gasteiger partial charge in [0, 0.05) is 21.5 Å². The molecular weight excluding hydrogens is 354 g/mol. The van der Waals surface area contributed by atoms with Gasteiger partial charge in [-0.25, -0.2) is 4.98 Å². The first-order chi connectivity index (χ1) is 11.8. The second-order valence-corrected chi connectivity index (χ2v) is 8.03. The minimum atomic E-state index is -0.276. The summed E-state index contributed by atoms with van der Waals surface area (Å²) < 4.78 is 0. The van der Waals surface area contributed by atoms with Crippen LogP contribution in [0.4, 0.5) is 5.69 Å². The summed E-state index contributed by atoms with van der Waals surface area (Å²) in [5.41, 5.74) is 8.20. The van der Waals surface area contributed by atoms with Gasteiger partial charge in [0.25, 0.3) is 5.91 Å². The van der Waals surface area contributed by atoms with E-state index in [0.29, 0.717) is 15.6 Å². The number of hydrogen-bond acceptors (Lipinski definition) is 4. The number of halogens is 1. The second kappa shape index (κ2) is 6.65. The van der Waals surface area contributed by atoms with Gasteiger partial charge in [0.05, 0.1) is 11.4 Å². The number of aromatic nitrogens is 1. The third-order valence-corrected chi connectivity index (χ3v) is 5.64. The van der Waals surface area contributed by atoms with E-state index in [1.165, 1.54) is 11.3 Å². The average Bonchev–Trinajstić information content (AvgIpc) is 2.92. The topological polar surface area (TPSA) is 68.0 Å². The van der Waals surface area contributed by atoms with E-state index in [2.05, 4.69) is 10.3 Å². The highest BCUT2D eigenvalue weighted by molar-refractivity contribution is 7.21. The quantitative estimate of drug-likeness (QED) is 0.667. The molecule has 6 heteroatoms. The van der Waals surface area contributed by atoms with E-state index in [0.717, 1.165) is 27.9 Å². The number of rotatable bonds is 4. The maximum atomic E-state index is 12.6. The van der Waals surface area contributed by atoms with Crippen LogP contribution < -0.4 is 11.1 Å². The molecule has 2 aromatic heterocycles. The van der Waals surface area contributed by atoms with Gasteiger partial charge < -0.3 is 11.1 Å². The minimum absolute atomic E-state index is 0.152. The molecule has 0 aliphatic rings. The van der Waals surface area contributed by atoms with Crippen molar-refractivity contribution < 1.29 is 4.79 Å². The van der Waals surface area contributed by atoms with E-state index in [-0.39, 0.29) is 11.4 Å². The van der Waals surface area contributed by atoms with Crippen LogP contribution >= 0.6 is 22.9 Å². The molecule has 0 unspecified atom stereocenters. The third kappa shape index (κ3) is 3.62. The summed E-state index contributed by atoms with van der Waals surface area (Å²) in [6.07, 6.45) is 0.836. The zero-order chi connectivity index (χ0) is 18.2. The highest BCUT2D eigenvalue weighted by atomic mass is 35.5. The average molecular weight is 374 g/mol. The molecule has 0 radical (unpaired) electrons. The van der Waals surface area contributed by atoms with Crippen LogP contribution in [0.1, 0.15) is 36.9 Å². The molecular formula is C19H20ClN3OS. The number of pyridine rings is 1. The van der Waals surface area contributed by atoms with Gasteiger partial charge in [-0.3, -0.25) is 4.79 Å². The lowest BCUT2D eigenvalue weighted by Gasteiger charge is -2.24. The van der Waals surface area contributed by atoms with E-state index in [1.807, 2.05) is 57.2 Å². The van der Waals surface area contributed by atoms with Crippen molar-refractivity contribution in [2.45, 2.75) is 32.7 Å². The smallest absolute Gasteiger partial charge is 0.263 e. The molecule has 1 aromatic carbocycles. The number of carbonyl (C=O) groups is 1. The summed E-state index contributed by atoms with van der Waals surface area (Å²) in [6, 6.07) is 11.3. The molecule has 0 atom stereocenters. The van der Waals surface area contributed by atoms with E-state index >= 15 is 0 Å². The van der Waals surface area contributed by atoms with Crippen molar-refractivity contribution in [2.75, 3.05) is 5.73 Å². The van der Waals surface area contributed by atoms with Crippen LogP contribution in [0, 0.1) is 0 Å². The second-order valence-electron chi connectivity index (χ2n) is 6.59. The molecule has 25 heavy (non-hydrogen) atoms. The number of hydrogen-bond donors (Lipinski definition) is 2. The van der Waals surface area contributed by atoms with Gasteiger partial charge in [0.15, 0.2) is 0 Å². The first kappa shape index (κ1) is 17.7. The van der Waals surface area contributed by atoms with Crippen molar-refractivity contribution in [2.24, 2.45) is 0 Å². The Bertz CT molecular complexity index is 932. The SMILES string of the molecule is CCC(C)(C)NC(=O)c1sc2nc(-c3ccc(Cl)cc3)ccc2c1N. The van der Waals surface area contributed by atoms with E-state index in [9.17, 15) is 4.79 Å². The van der Waals surface area contributed by atoms with Crippen molar-refractivity contribution in [1.82, 2.24) is 10.3 Å². The zero-order valence-corrected chi connectivity index (χ0v) is 16.0.